The Hall–Kier alpha value is -0.870. The molecule has 1 fully saturated rings. The zero-order valence-corrected chi connectivity index (χ0v) is 15.7. The number of hydrogen-bond acceptors (Lipinski definition) is 1. The summed E-state index contributed by atoms with van der Waals surface area (Å²) in [6.45, 7) is 2.52. The fourth-order valence-corrected chi connectivity index (χ4v) is 5.52. The SMILES string of the molecule is IC1CC(N2CCC(c3ccccc3)CC2)Cc2ccccc21. The van der Waals surface area contributed by atoms with Crippen LogP contribution in [0.1, 0.15) is 45.8 Å². The van der Waals surface area contributed by atoms with Gasteiger partial charge in [0.25, 0.3) is 0 Å². The van der Waals surface area contributed by atoms with Gasteiger partial charge in [-0.25, -0.2) is 0 Å². The van der Waals surface area contributed by atoms with Crippen molar-refractivity contribution in [1.82, 2.24) is 4.90 Å². The van der Waals surface area contributed by atoms with E-state index in [1.54, 1.807) is 11.1 Å². The first-order chi connectivity index (χ1) is 11.3. The van der Waals surface area contributed by atoms with Crippen molar-refractivity contribution in [3.8, 4) is 0 Å². The minimum absolute atomic E-state index is 0.675. The Kier molecular flexibility index (Phi) is 4.72. The molecule has 1 saturated heterocycles. The summed E-state index contributed by atoms with van der Waals surface area (Å²) in [5.74, 6) is 0.763. The van der Waals surface area contributed by atoms with Gasteiger partial charge in [0.1, 0.15) is 0 Å². The highest BCUT2D eigenvalue weighted by Gasteiger charge is 2.31. The molecule has 120 valence electrons. The van der Waals surface area contributed by atoms with E-state index in [9.17, 15) is 0 Å². The van der Waals surface area contributed by atoms with Gasteiger partial charge in [0.2, 0.25) is 0 Å². The lowest BCUT2D eigenvalue weighted by molar-refractivity contribution is 0.140. The summed E-state index contributed by atoms with van der Waals surface area (Å²) in [5.41, 5.74) is 4.68. The van der Waals surface area contributed by atoms with E-state index in [2.05, 4.69) is 82.1 Å². The van der Waals surface area contributed by atoms with Gasteiger partial charge in [-0.15, -0.1) is 0 Å². The second-order valence-corrected chi connectivity index (χ2v) is 8.48. The van der Waals surface area contributed by atoms with Crippen LogP contribution in [0.4, 0.5) is 0 Å². The molecule has 23 heavy (non-hydrogen) atoms. The summed E-state index contributed by atoms with van der Waals surface area (Å²) in [7, 11) is 0. The van der Waals surface area contributed by atoms with Gasteiger partial charge in [-0.1, -0.05) is 77.2 Å². The molecule has 4 rings (SSSR count). The number of benzene rings is 2. The first-order valence-corrected chi connectivity index (χ1v) is 10.1. The Morgan fingerprint density at radius 2 is 1.57 bits per heavy atom. The summed E-state index contributed by atoms with van der Waals surface area (Å²) in [4.78, 5) is 2.76. The van der Waals surface area contributed by atoms with E-state index in [4.69, 9.17) is 0 Å². The van der Waals surface area contributed by atoms with Crippen molar-refractivity contribution in [1.29, 1.82) is 0 Å². The third kappa shape index (κ3) is 3.34. The highest BCUT2D eigenvalue weighted by atomic mass is 127. The Balaban J connectivity index is 1.42. The fraction of sp³-hybridized carbons (Fsp3) is 0.429. The number of piperidine rings is 1. The number of fused-ring (bicyclic) bond motifs is 1. The Morgan fingerprint density at radius 1 is 0.870 bits per heavy atom. The molecule has 2 aliphatic rings. The maximum Gasteiger partial charge on any atom is 0.0377 e. The first-order valence-electron chi connectivity index (χ1n) is 8.82. The zero-order chi connectivity index (χ0) is 15.6. The molecule has 1 aliphatic carbocycles. The van der Waals surface area contributed by atoms with E-state index in [0.29, 0.717) is 3.92 Å². The summed E-state index contributed by atoms with van der Waals surface area (Å²) in [6.07, 6.45) is 5.18. The summed E-state index contributed by atoms with van der Waals surface area (Å²) in [6, 6.07) is 20.9. The molecular formula is C21H24IN. The summed E-state index contributed by atoms with van der Waals surface area (Å²) >= 11 is 2.65. The summed E-state index contributed by atoms with van der Waals surface area (Å²) in [5, 5.41) is 0. The molecule has 2 aromatic rings. The van der Waals surface area contributed by atoms with Crippen molar-refractivity contribution in [2.24, 2.45) is 0 Å². The molecule has 0 spiro atoms. The second-order valence-electron chi connectivity index (χ2n) is 6.98. The van der Waals surface area contributed by atoms with Crippen LogP contribution in [0.15, 0.2) is 54.6 Å². The van der Waals surface area contributed by atoms with Gasteiger partial charge >= 0.3 is 0 Å². The van der Waals surface area contributed by atoms with Crippen molar-refractivity contribution in [3.63, 3.8) is 0 Å². The number of hydrogen-bond donors (Lipinski definition) is 0. The Bertz CT molecular complexity index is 646. The predicted octanol–water partition coefficient (Wildman–Crippen LogP) is 5.36. The van der Waals surface area contributed by atoms with Crippen molar-refractivity contribution in [2.45, 2.75) is 41.6 Å². The van der Waals surface area contributed by atoms with Gasteiger partial charge < -0.3 is 0 Å². The smallest absolute Gasteiger partial charge is 0.0377 e. The average Bonchev–Trinajstić information content (AvgIpc) is 2.63. The van der Waals surface area contributed by atoms with Gasteiger partial charge in [0.15, 0.2) is 0 Å². The van der Waals surface area contributed by atoms with Crippen LogP contribution in [0.5, 0.6) is 0 Å². The highest BCUT2D eigenvalue weighted by molar-refractivity contribution is 14.1. The van der Waals surface area contributed by atoms with Crippen LogP contribution in [0.2, 0.25) is 0 Å². The van der Waals surface area contributed by atoms with E-state index < -0.39 is 0 Å². The minimum Gasteiger partial charge on any atom is -0.300 e. The number of rotatable bonds is 2. The van der Waals surface area contributed by atoms with E-state index in [0.717, 1.165) is 12.0 Å². The molecular weight excluding hydrogens is 393 g/mol. The molecule has 0 amide bonds. The molecule has 0 radical (unpaired) electrons. The van der Waals surface area contributed by atoms with Crippen LogP contribution < -0.4 is 0 Å². The molecule has 0 saturated carbocycles. The largest absolute Gasteiger partial charge is 0.300 e. The predicted molar refractivity (Wildman–Crippen MR) is 105 cm³/mol. The van der Waals surface area contributed by atoms with Crippen molar-refractivity contribution in [2.75, 3.05) is 13.1 Å². The van der Waals surface area contributed by atoms with E-state index in [-0.39, 0.29) is 0 Å². The normalized spacial score (nSPS) is 26.0. The average molecular weight is 417 g/mol. The van der Waals surface area contributed by atoms with Crippen LogP contribution >= 0.6 is 22.6 Å². The zero-order valence-electron chi connectivity index (χ0n) is 13.5. The molecule has 2 unspecified atom stereocenters. The number of likely N-dealkylation sites (tertiary alicyclic amines) is 1. The van der Waals surface area contributed by atoms with Gasteiger partial charge in [-0.05, 0) is 61.4 Å². The molecule has 1 aliphatic heterocycles. The maximum atomic E-state index is 2.76. The van der Waals surface area contributed by atoms with Crippen LogP contribution in [0.3, 0.4) is 0 Å². The van der Waals surface area contributed by atoms with Crippen LogP contribution in [-0.4, -0.2) is 24.0 Å². The Labute approximate surface area is 153 Å². The fourth-order valence-electron chi connectivity index (χ4n) is 4.33. The Morgan fingerprint density at radius 3 is 2.35 bits per heavy atom. The lowest BCUT2D eigenvalue weighted by Crippen LogP contribution is -2.44. The van der Waals surface area contributed by atoms with E-state index in [1.165, 1.54) is 44.3 Å². The number of nitrogens with zero attached hydrogens (tertiary/aromatic N) is 1. The molecule has 0 aromatic heterocycles. The standard InChI is InChI=1S/C21H24IN/c22-21-15-19(14-18-8-4-5-9-20(18)21)23-12-10-17(11-13-23)16-6-2-1-3-7-16/h1-9,17,19,21H,10-15H2. The van der Waals surface area contributed by atoms with Gasteiger partial charge in [-0.2, -0.15) is 0 Å². The number of halogens is 1. The third-order valence-corrected chi connectivity index (χ3v) is 6.82. The minimum atomic E-state index is 0.675. The molecule has 0 bridgehead atoms. The van der Waals surface area contributed by atoms with Gasteiger partial charge in [0, 0.05) is 9.97 Å². The molecule has 1 nitrogen and oxygen atoms in total. The van der Waals surface area contributed by atoms with E-state index in [1.807, 2.05) is 0 Å². The van der Waals surface area contributed by atoms with Gasteiger partial charge in [0.05, 0.1) is 0 Å². The van der Waals surface area contributed by atoms with Crippen molar-refractivity contribution in [3.05, 3.63) is 71.3 Å². The molecule has 1 heterocycles. The lowest BCUT2D eigenvalue weighted by atomic mass is 9.84. The molecule has 2 aromatic carbocycles. The second kappa shape index (κ2) is 6.94. The quantitative estimate of drug-likeness (QED) is 0.470. The van der Waals surface area contributed by atoms with E-state index >= 15 is 0 Å². The van der Waals surface area contributed by atoms with Crippen molar-refractivity contribution < 1.29 is 0 Å². The monoisotopic (exact) mass is 417 g/mol. The topological polar surface area (TPSA) is 3.24 Å². The molecule has 0 N–H and O–H groups in total. The summed E-state index contributed by atoms with van der Waals surface area (Å²) < 4.78 is 0.675. The first kappa shape index (κ1) is 15.6. The third-order valence-electron chi connectivity index (χ3n) is 5.64. The maximum absolute atomic E-state index is 2.76. The molecule has 2 atom stereocenters. The van der Waals surface area contributed by atoms with Crippen LogP contribution in [-0.2, 0) is 6.42 Å². The van der Waals surface area contributed by atoms with Crippen molar-refractivity contribution >= 4 is 22.6 Å². The van der Waals surface area contributed by atoms with Crippen LogP contribution in [0, 0.1) is 0 Å². The van der Waals surface area contributed by atoms with Gasteiger partial charge in [-0.3, -0.25) is 4.90 Å². The number of alkyl halides is 1. The highest BCUT2D eigenvalue weighted by Crippen LogP contribution is 2.39. The lowest BCUT2D eigenvalue weighted by Gasteiger charge is -2.41. The molecule has 2 heteroatoms. The van der Waals surface area contributed by atoms with Crippen LogP contribution in [0.25, 0.3) is 0 Å².